The number of methoxy groups -OCH3 is 1. The van der Waals surface area contributed by atoms with Gasteiger partial charge in [0.2, 0.25) is 0 Å². The molecule has 0 unspecified atom stereocenters. The van der Waals surface area contributed by atoms with Crippen molar-refractivity contribution in [2.45, 2.75) is 26.2 Å². The van der Waals surface area contributed by atoms with Crippen molar-refractivity contribution in [2.24, 2.45) is 0 Å². The standard InChI is InChI=1S/C27H22O7/c1-15-3-7-20-23(11-15)34-24-14-18(29)5-9-21(24)26(20)19-8-4-16(13-22(19)27(32)33-2)12-17(28)6-10-25(30)31/h3-5,7-9,11,13-14H,6,10,12H2,1-2H3,(H,30,31). The van der Waals surface area contributed by atoms with Gasteiger partial charge in [-0.05, 0) is 47.9 Å². The van der Waals surface area contributed by atoms with Crippen LogP contribution in [0.5, 0.6) is 0 Å². The molecule has 1 aliphatic carbocycles. The summed E-state index contributed by atoms with van der Waals surface area (Å²) in [5.41, 5.74) is 4.12. The van der Waals surface area contributed by atoms with E-state index < -0.39 is 11.9 Å². The normalized spacial score (nSPS) is 11.0. The van der Waals surface area contributed by atoms with Gasteiger partial charge in [-0.3, -0.25) is 14.4 Å². The fourth-order valence-electron chi connectivity index (χ4n) is 4.03. The van der Waals surface area contributed by atoms with Gasteiger partial charge in [0.25, 0.3) is 0 Å². The molecular weight excluding hydrogens is 436 g/mol. The number of benzene rings is 3. The zero-order valence-corrected chi connectivity index (χ0v) is 18.7. The molecule has 34 heavy (non-hydrogen) atoms. The largest absolute Gasteiger partial charge is 0.481 e. The first-order valence-electron chi connectivity index (χ1n) is 10.7. The molecule has 7 nitrogen and oxygen atoms in total. The van der Waals surface area contributed by atoms with Crippen LogP contribution in [0.2, 0.25) is 0 Å². The van der Waals surface area contributed by atoms with Crippen LogP contribution in [-0.4, -0.2) is 29.9 Å². The highest BCUT2D eigenvalue weighted by atomic mass is 16.5. The molecule has 1 aliphatic heterocycles. The molecule has 0 saturated carbocycles. The number of ketones is 1. The van der Waals surface area contributed by atoms with Crippen LogP contribution in [0.4, 0.5) is 0 Å². The highest BCUT2D eigenvalue weighted by Gasteiger charge is 2.23. The van der Waals surface area contributed by atoms with Crippen LogP contribution in [0.15, 0.2) is 63.8 Å². The van der Waals surface area contributed by atoms with E-state index in [4.69, 9.17) is 14.3 Å². The zero-order chi connectivity index (χ0) is 24.4. The van der Waals surface area contributed by atoms with E-state index in [2.05, 4.69) is 0 Å². The number of aryl methyl sites for hydroxylation is 1. The van der Waals surface area contributed by atoms with E-state index in [9.17, 15) is 19.2 Å². The smallest absolute Gasteiger partial charge is 0.338 e. The van der Waals surface area contributed by atoms with Crippen LogP contribution in [0.25, 0.3) is 33.4 Å². The predicted octanol–water partition coefficient (Wildman–Crippen LogP) is 4.64. The predicted molar refractivity (Wildman–Crippen MR) is 126 cm³/mol. The Hall–Kier alpha value is -4.26. The SMILES string of the molecule is COC(=O)c1cc(CC(=O)CCC(=O)O)ccc1-c1c2ccc(=O)cc-2oc2cc(C)ccc12. The third-order valence-electron chi connectivity index (χ3n) is 5.63. The summed E-state index contributed by atoms with van der Waals surface area (Å²) in [5.74, 6) is -1.46. The van der Waals surface area contributed by atoms with Crippen molar-refractivity contribution in [1.82, 2.24) is 0 Å². The molecule has 0 aromatic heterocycles. The van der Waals surface area contributed by atoms with Gasteiger partial charge in [-0.15, -0.1) is 0 Å². The minimum Gasteiger partial charge on any atom is -0.481 e. The van der Waals surface area contributed by atoms with E-state index >= 15 is 0 Å². The van der Waals surface area contributed by atoms with Gasteiger partial charge in [0.15, 0.2) is 5.43 Å². The maximum atomic E-state index is 12.8. The van der Waals surface area contributed by atoms with Crippen LogP contribution in [0.3, 0.4) is 0 Å². The van der Waals surface area contributed by atoms with Crippen molar-refractivity contribution >= 4 is 28.7 Å². The fourth-order valence-corrected chi connectivity index (χ4v) is 4.03. The van der Waals surface area contributed by atoms with Gasteiger partial charge in [0.1, 0.15) is 17.1 Å². The fraction of sp³-hybridized carbons (Fsp3) is 0.185. The highest BCUT2D eigenvalue weighted by molar-refractivity contribution is 6.08. The van der Waals surface area contributed by atoms with Crippen LogP contribution >= 0.6 is 0 Å². The van der Waals surface area contributed by atoms with E-state index in [1.807, 2.05) is 25.1 Å². The average Bonchev–Trinajstić information content (AvgIpc) is 2.80. The molecule has 0 bridgehead atoms. The quantitative estimate of drug-likeness (QED) is 0.317. The molecule has 0 radical (unpaired) electrons. The van der Waals surface area contributed by atoms with Gasteiger partial charge in [0.05, 0.1) is 19.1 Å². The maximum Gasteiger partial charge on any atom is 0.338 e. The molecule has 1 N–H and O–H groups in total. The number of esters is 1. The van der Waals surface area contributed by atoms with Gasteiger partial charge in [-0.2, -0.15) is 0 Å². The second kappa shape index (κ2) is 9.31. The number of rotatable bonds is 7. The van der Waals surface area contributed by atoms with Crippen LogP contribution in [0.1, 0.15) is 34.3 Å². The molecule has 2 aromatic carbocycles. The summed E-state index contributed by atoms with van der Waals surface area (Å²) in [5, 5.41) is 9.56. The Labute approximate surface area is 194 Å². The van der Waals surface area contributed by atoms with Crippen molar-refractivity contribution in [1.29, 1.82) is 0 Å². The summed E-state index contributed by atoms with van der Waals surface area (Å²) in [4.78, 5) is 47.7. The average molecular weight is 458 g/mol. The molecule has 2 aromatic rings. The van der Waals surface area contributed by atoms with Crippen molar-refractivity contribution in [3.63, 3.8) is 0 Å². The Kier molecular flexibility index (Phi) is 6.27. The number of carbonyl (C=O) groups excluding carboxylic acids is 2. The Bertz CT molecular complexity index is 1460. The molecule has 4 rings (SSSR count). The molecular formula is C27H22O7. The summed E-state index contributed by atoms with van der Waals surface area (Å²) >= 11 is 0. The molecule has 0 fully saturated rings. The molecule has 0 atom stereocenters. The number of aliphatic carboxylic acids is 1. The second-order valence-corrected chi connectivity index (χ2v) is 8.12. The molecule has 0 amide bonds. The van der Waals surface area contributed by atoms with Gasteiger partial charge in [0, 0.05) is 35.4 Å². The summed E-state index contributed by atoms with van der Waals surface area (Å²) in [6, 6.07) is 15.3. The topological polar surface area (TPSA) is 111 Å². The van der Waals surface area contributed by atoms with E-state index in [-0.39, 0.29) is 36.0 Å². The molecule has 172 valence electrons. The van der Waals surface area contributed by atoms with Gasteiger partial charge in [-0.1, -0.05) is 24.3 Å². The van der Waals surface area contributed by atoms with Crippen LogP contribution in [0, 0.1) is 6.92 Å². The molecule has 2 aliphatic rings. The summed E-state index contributed by atoms with van der Waals surface area (Å²) in [6.07, 6.45) is -0.327. The number of ether oxygens (including phenoxy) is 1. The summed E-state index contributed by atoms with van der Waals surface area (Å²) in [6.45, 7) is 1.93. The van der Waals surface area contributed by atoms with E-state index in [0.29, 0.717) is 33.6 Å². The lowest BCUT2D eigenvalue weighted by molar-refractivity contribution is -0.138. The number of hydrogen-bond acceptors (Lipinski definition) is 6. The number of carboxylic acids is 1. The van der Waals surface area contributed by atoms with Crippen molar-refractivity contribution in [3.8, 4) is 22.5 Å². The summed E-state index contributed by atoms with van der Waals surface area (Å²) in [7, 11) is 1.28. The monoisotopic (exact) mass is 458 g/mol. The van der Waals surface area contributed by atoms with Gasteiger partial charge < -0.3 is 14.3 Å². The first-order chi connectivity index (χ1) is 16.3. The zero-order valence-electron chi connectivity index (χ0n) is 18.7. The maximum absolute atomic E-state index is 12.8. The van der Waals surface area contributed by atoms with Gasteiger partial charge >= 0.3 is 11.9 Å². The van der Waals surface area contributed by atoms with Crippen molar-refractivity contribution < 1.29 is 28.6 Å². The Morgan fingerprint density at radius 2 is 1.71 bits per heavy atom. The lowest BCUT2D eigenvalue weighted by Gasteiger charge is -2.18. The first kappa shape index (κ1) is 22.9. The highest BCUT2D eigenvalue weighted by Crippen LogP contribution is 2.41. The first-order valence-corrected chi connectivity index (χ1v) is 10.7. The van der Waals surface area contributed by atoms with Crippen molar-refractivity contribution in [3.05, 3.63) is 81.5 Å². The molecule has 1 heterocycles. The summed E-state index contributed by atoms with van der Waals surface area (Å²) < 4.78 is 11.0. The van der Waals surface area contributed by atoms with Gasteiger partial charge in [-0.25, -0.2) is 4.79 Å². The number of fused-ring (bicyclic) bond motifs is 2. The van der Waals surface area contributed by atoms with E-state index in [1.54, 1.807) is 24.3 Å². The van der Waals surface area contributed by atoms with Crippen molar-refractivity contribution in [2.75, 3.05) is 7.11 Å². The Morgan fingerprint density at radius 1 is 0.941 bits per heavy atom. The molecule has 0 spiro atoms. The number of carbonyl (C=O) groups is 3. The van der Waals surface area contributed by atoms with E-state index in [0.717, 1.165) is 10.9 Å². The third-order valence-corrected chi connectivity index (χ3v) is 5.63. The Morgan fingerprint density at radius 3 is 2.44 bits per heavy atom. The molecule has 0 saturated heterocycles. The van der Waals surface area contributed by atoms with E-state index in [1.165, 1.54) is 19.2 Å². The number of Topliss-reactive ketones (excluding diaryl/α,β-unsaturated/α-hetero) is 1. The molecule has 7 heteroatoms. The number of carboxylic acid groups (broad SMARTS) is 1. The Balaban J connectivity index is 1.92. The minimum atomic E-state index is -1.04. The third kappa shape index (κ3) is 4.59. The lowest BCUT2D eigenvalue weighted by atomic mass is 9.89. The van der Waals surface area contributed by atoms with Crippen LogP contribution < -0.4 is 5.43 Å². The second-order valence-electron chi connectivity index (χ2n) is 8.12. The lowest BCUT2D eigenvalue weighted by Crippen LogP contribution is -2.09. The minimum absolute atomic E-state index is 0.00189. The van der Waals surface area contributed by atoms with Crippen LogP contribution in [-0.2, 0) is 20.7 Å². The number of hydrogen-bond donors (Lipinski definition) is 1.